The molecule has 0 aliphatic heterocycles. The molecule has 0 bridgehead atoms. The molecule has 0 aromatic carbocycles. The van der Waals surface area contributed by atoms with Gasteiger partial charge in [0.2, 0.25) is 0 Å². The highest BCUT2D eigenvalue weighted by atomic mass is 32.2. The van der Waals surface area contributed by atoms with Gasteiger partial charge in [0.1, 0.15) is 6.04 Å². The van der Waals surface area contributed by atoms with Crippen molar-refractivity contribution < 1.29 is 23.4 Å². The Balaban J connectivity index is 2.69. The number of carboxylic acids is 1. The van der Waals surface area contributed by atoms with Crippen molar-refractivity contribution in [2.75, 3.05) is 13.7 Å². The molecule has 1 aliphatic rings. The molecule has 1 fully saturated rings. The Hall–Kier alpha value is -0.700. The first kappa shape index (κ1) is 15.4. The number of aliphatic carboxylic acids is 1. The maximum atomic E-state index is 11.9. The number of hydrogen-bond acceptors (Lipinski definition) is 4. The fourth-order valence-electron chi connectivity index (χ4n) is 2.07. The van der Waals surface area contributed by atoms with Crippen molar-refractivity contribution >= 4 is 16.2 Å². The van der Waals surface area contributed by atoms with E-state index in [0.29, 0.717) is 0 Å². The van der Waals surface area contributed by atoms with E-state index in [1.807, 2.05) is 4.72 Å². The predicted molar refractivity (Wildman–Crippen MR) is 65.2 cm³/mol. The van der Waals surface area contributed by atoms with Crippen LogP contribution in [-0.4, -0.2) is 54.6 Å². The molecule has 1 aliphatic carbocycles. The molecule has 0 radical (unpaired) electrons. The maximum absolute atomic E-state index is 11.9. The number of nitrogens with one attached hydrogen (secondary N) is 1. The summed E-state index contributed by atoms with van der Waals surface area (Å²) in [5.41, 5.74) is 0. The number of carbonyl (C=O) groups is 1. The van der Waals surface area contributed by atoms with Crippen LogP contribution in [0.15, 0.2) is 0 Å². The van der Waals surface area contributed by atoms with E-state index in [-0.39, 0.29) is 6.04 Å². The lowest BCUT2D eigenvalue weighted by atomic mass is 9.96. The molecule has 106 valence electrons. The highest BCUT2D eigenvalue weighted by Crippen LogP contribution is 2.23. The van der Waals surface area contributed by atoms with Gasteiger partial charge in [-0.25, -0.2) is 0 Å². The minimum Gasteiger partial charge on any atom is -0.480 e. The second-order valence-electron chi connectivity index (χ2n) is 4.50. The van der Waals surface area contributed by atoms with Gasteiger partial charge in [0.15, 0.2) is 0 Å². The first-order chi connectivity index (χ1) is 8.38. The van der Waals surface area contributed by atoms with E-state index in [1.165, 1.54) is 11.4 Å². The normalized spacial score (nSPS) is 19.9. The molecule has 1 atom stereocenters. The fraction of sp³-hybridized carbons (Fsp3) is 0.900. The summed E-state index contributed by atoms with van der Waals surface area (Å²) < 4.78 is 27.1. The zero-order chi connectivity index (χ0) is 13.8. The third kappa shape index (κ3) is 3.91. The number of rotatable bonds is 6. The Morgan fingerprint density at radius 2 is 1.94 bits per heavy atom. The molecular weight excluding hydrogens is 260 g/mol. The van der Waals surface area contributed by atoms with Gasteiger partial charge in [0.05, 0.1) is 6.61 Å². The minimum absolute atomic E-state index is 0.0932. The summed E-state index contributed by atoms with van der Waals surface area (Å²) in [7, 11) is -2.43. The number of hydrogen-bond donors (Lipinski definition) is 3. The molecule has 18 heavy (non-hydrogen) atoms. The van der Waals surface area contributed by atoms with E-state index in [0.717, 1.165) is 32.1 Å². The number of nitrogens with zero attached hydrogens (tertiary/aromatic N) is 1. The van der Waals surface area contributed by atoms with Crippen LogP contribution in [0.25, 0.3) is 0 Å². The molecule has 0 spiro atoms. The second-order valence-corrected chi connectivity index (χ2v) is 6.27. The Bertz CT molecular complexity index is 378. The number of aliphatic hydroxyl groups is 1. The van der Waals surface area contributed by atoms with Crippen molar-refractivity contribution in [1.82, 2.24) is 9.03 Å². The highest BCUT2D eigenvalue weighted by molar-refractivity contribution is 7.87. The first-order valence-electron chi connectivity index (χ1n) is 5.97. The summed E-state index contributed by atoms with van der Waals surface area (Å²) in [4.78, 5) is 10.7. The maximum Gasteiger partial charge on any atom is 0.324 e. The Morgan fingerprint density at radius 3 is 2.39 bits per heavy atom. The van der Waals surface area contributed by atoms with Gasteiger partial charge in [-0.1, -0.05) is 19.3 Å². The Kier molecular flexibility index (Phi) is 5.51. The molecule has 8 heteroatoms. The van der Waals surface area contributed by atoms with Gasteiger partial charge in [-0.3, -0.25) is 4.79 Å². The largest absolute Gasteiger partial charge is 0.480 e. The molecule has 0 heterocycles. The van der Waals surface area contributed by atoms with Crippen molar-refractivity contribution in [1.29, 1.82) is 0 Å². The van der Waals surface area contributed by atoms with E-state index in [9.17, 15) is 13.2 Å². The van der Waals surface area contributed by atoms with E-state index < -0.39 is 28.8 Å². The summed E-state index contributed by atoms with van der Waals surface area (Å²) >= 11 is 0. The van der Waals surface area contributed by atoms with Crippen molar-refractivity contribution in [3.63, 3.8) is 0 Å². The van der Waals surface area contributed by atoms with Gasteiger partial charge < -0.3 is 10.2 Å². The standard InChI is InChI=1S/C10H20N2O5S/c1-12(8-5-3-2-4-6-8)18(16,17)11-9(7-13)10(14)15/h8-9,11,13H,2-7H2,1H3,(H,14,15)/t9-/m0/s1. The summed E-state index contributed by atoms with van der Waals surface area (Å²) in [5, 5.41) is 17.5. The second kappa shape index (κ2) is 6.46. The summed E-state index contributed by atoms with van der Waals surface area (Å²) in [6, 6.07) is -1.59. The molecule has 3 N–H and O–H groups in total. The lowest BCUT2D eigenvalue weighted by molar-refractivity contribution is -0.139. The lowest BCUT2D eigenvalue weighted by Crippen LogP contribution is -2.51. The lowest BCUT2D eigenvalue weighted by Gasteiger charge is -2.31. The van der Waals surface area contributed by atoms with Crippen molar-refractivity contribution in [3.05, 3.63) is 0 Å². The van der Waals surface area contributed by atoms with E-state index >= 15 is 0 Å². The van der Waals surface area contributed by atoms with Gasteiger partial charge in [0, 0.05) is 13.1 Å². The molecule has 0 amide bonds. The topological polar surface area (TPSA) is 107 Å². The SMILES string of the molecule is CN(C1CCCCC1)S(=O)(=O)N[C@@H](CO)C(=O)O. The van der Waals surface area contributed by atoms with Crippen LogP contribution in [0.1, 0.15) is 32.1 Å². The van der Waals surface area contributed by atoms with E-state index in [2.05, 4.69) is 0 Å². The summed E-state index contributed by atoms with van der Waals surface area (Å²) in [5.74, 6) is -1.39. The van der Waals surface area contributed by atoms with E-state index in [1.54, 1.807) is 0 Å². The van der Waals surface area contributed by atoms with Crippen LogP contribution in [0.4, 0.5) is 0 Å². The quantitative estimate of drug-likeness (QED) is 0.610. The van der Waals surface area contributed by atoms with Crippen LogP contribution in [0.5, 0.6) is 0 Å². The molecule has 0 unspecified atom stereocenters. The van der Waals surface area contributed by atoms with Crippen LogP contribution < -0.4 is 4.72 Å². The predicted octanol–water partition coefficient (Wildman–Crippen LogP) is -0.469. The number of carboxylic acid groups (broad SMARTS) is 1. The molecule has 1 saturated carbocycles. The Labute approximate surface area is 107 Å². The van der Waals surface area contributed by atoms with Crippen LogP contribution in [0.2, 0.25) is 0 Å². The van der Waals surface area contributed by atoms with Crippen molar-refractivity contribution in [2.45, 2.75) is 44.2 Å². The summed E-state index contributed by atoms with van der Waals surface area (Å²) in [6.07, 6.45) is 4.63. The summed E-state index contributed by atoms with van der Waals surface area (Å²) in [6.45, 7) is -0.771. The zero-order valence-electron chi connectivity index (χ0n) is 10.4. The van der Waals surface area contributed by atoms with Gasteiger partial charge >= 0.3 is 5.97 Å². The number of aliphatic hydroxyl groups excluding tert-OH is 1. The van der Waals surface area contributed by atoms with Crippen LogP contribution in [0, 0.1) is 0 Å². The third-order valence-corrected chi connectivity index (χ3v) is 4.88. The molecule has 0 saturated heterocycles. The monoisotopic (exact) mass is 280 g/mol. The highest BCUT2D eigenvalue weighted by Gasteiger charge is 2.31. The average Bonchev–Trinajstić information content (AvgIpc) is 2.35. The minimum atomic E-state index is -3.87. The van der Waals surface area contributed by atoms with Crippen LogP contribution in [0.3, 0.4) is 0 Å². The van der Waals surface area contributed by atoms with Gasteiger partial charge in [-0.15, -0.1) is 0 Å². The molecule has 7 nitrogen and oxygen atoms in total. The Morgan fingerprint density at radius 1 is 1.39 bits per heavy atom. The van der Waals surface area contributed by atoms with Gasteiger partial charge in [0.25, 0.3) is 10.2 Å². The van der Waals surface area contributed by atoms with Crippen LogP contribution >= 0.6 is 0 Å². The van der Waals surface area contributed by atoms with Gasteiger partial charge in [-0.2, -0.15) is 17.4 Å². The smallest absolute Gasteiger partial charge is 0.324 e. The zero-order valence-corrected chi connectivity index (χ0v) is 11.2. The van der Waals surface area contributed by atoms with Gasteiger partial charge in [-0.05, 0) is 12.8 Å². The fourth-order valence-corrected chi connectivity index (χ4v) is 3.37. The molecule has 0 aromatic heterocycles. The third-order valence-electron chi connectivity index (χ3n) is 3.24. The van der Waals surface area contributed by atoms with Crippen molar-refractivity contribution in [3.8, 4) is 0 Å². The average molecular weight is 280 g/mol. The van der Waals surface area contributed by atoms with E-state index in [4.69, 9.17) is 10.2 Å². The van der Waals surface area contributed by atoms with Crippen molar-refractivity contribution in [2.24, 2.45) is 0 Å². The molecule has 0 aromatic rings. The van der Waals surface area contributed by atoms with Crippen LogP contribution in [-0.2, 0) is 15.0 Å². The molecule has 1 rings (SSSR count). The first-order valence-corrected chi connectivity index (χ1v) is 7.41. The molecular formula is C10H20N2O5S.